The predicted molar refractivity (Wildman–Crippen MR) is 66.9 cm³/mol. The van der Waals surface area contributed by atoms with Crippen molar-refractivity contribution in [3.8, 4) is 11.8 Å². The largest absolute Gasteiger partial charge is 0.489 e. The van der Waals surface area contributed by atoms with Crippen molar-refractivity contribution in [2.24, 2.45) is 0 Å². The van der Waals surface area contributed by atoms with Gasteiger partial charge < -0.3 is 4.74 Å². The highest BCUT2D eigenvalue weighted by Crippen LogP contribution is 2.18. The minimum atomic E-state index is -0.354. The summed E-state index contributed by atoms with van der Waals surface area (Å²) in [6, 6.07) is 13.0. The number of halogens is 2. The zero-order chi connectivity index (χ0) is 13.0. The van der Waals surface area contributed by atoms with Crippen molar-refractivity contribution in [3.05, 3.63) is 64.4 Å². The average molecular weight is 262 g/mol. The number of hydrogen-bond donors (Lipinski definition) is 0. The summed E-state index contributed by atoms with van der Waals surface area (Å²) in [4.78, 5) is 0. The third-order valence-electron chi connectivity index (χ3n) is 2.39. The highest BCUT2D eigenvalue weighted by Gasteiger charge is 2.04. The fourth-order valence-corrected chi connectivity index (χ4v) is 1.64. The number of hydrogen-bond acceptors (Lipinski definition) is 2. The second-order valence-electron chi connectivity index (χ2n) is 3.66. The van der Waals surface area contributed by atoms with Crippen LogP contribution in [0.1, 0.15) is 11.1 Å². The van der Waals surface area contributed by atoms with E-state index in [-0.39, 0.29) is 12.4 Å². The average Bonchev–Trinajstić information content (AvgIpc) is 2.40. The van der Waals surface area contributed by atoms with E-state index in [1.165, 1.54) is 18.2 Å². The molecule has 0 aliphatic carbocycles. The molecule has 0 atom stereocenters. The first-order valence-electron chi connectivity index (χ1n) is 5.26. The van der Waals surface area contributed by atoms with Crippen LogP contribution in [-0.4, -0.2) is 0 Å². The molecule has 0 heterocycles. The molecule has 0 aromatic heterocycles. The van der Waals surface area contributed by atoms with Gasteiger partial charge in [0.1, 0.15) is 18.2 Å². The lowest BCUT2D eigenvalue weighted by atomic mass is 10.2. The monoisotopic (exact) mass is 261 g/mol. The topological polar surface area (TPSA) is 33.0 Å². The van der Waals surface area contributed by atoms with Crippen LogP contribution in [-0.2, 0) is 6.61 Å². The zero-order valence-electron chi connectivity index (χ0n) is 9.36. The van der Waals surface area contributed by atoms with Gasteiger partial charge in [-0.1, -0.05) is 11.6 Å². The number of benzene rings is 2. The maximum absolute atomic E-state index is 13.4. The van der Waals surface area contributed by atoms with Gasteiger partial charge in [0, 0.05) is 10.6 Å². The van der Waals surface area contributed by atoms with Crippen molar-refractivity contribution in [3.63, 3.8) is 0 Å². The van der Waals surface area contributed by atoms with Crippen LogP contribution in [0.5, 0.6) is 5.75 Å². The van der Waals surface area contributed by atoms with E-state index in [0.717, 1.165) is 0 Å². The van der Waals surface area contributed by atoms with Crippen LogP contribution in [0.15, 0.2) is 42.5 Å². The van der Waals surface area contributed by atoms with Crippen LogP contribution in [0.4, 0.5) is 4.39 Å². The fraction of sp³-hybridized carbons (Fsp3) is 0.0714. The second-order valence-corrected chi connectivity index (χ2v) is 4.10. The molecular weight excluding hydrogens is 253 g/mol. The number of rotatable bonds is 3. The minimum absolute atomic E-state index is 0.0955. The van der Waals surface area contributed by atoms with Crippen molar-refractivity contribution in [2.75, 3.05) is 0 Å². The second kappa shape index (κ2) is 5.52. The van der Waals surface area contributed by atoms with Gasteiger partial charge in [-0.25, -0.2) is 4.39 Å². The van der Waals surface area contributed by atoms with E-state index >= 15 is 0 Å². The molecule has 2 aromatic rings. The smallest absolute Gasteiger partial charge is 0.129 e. The Morgan fingerprint density at radius 3 is 2.56 bits per heavy atom. The molecule has 0 aliphatic rings. The fourth-order valence-electron chi connectivity index (χ4n) is 1.44. The minimum Gasteiger partial charge on any atom is -0.489 e. The molecular formula is C14H9ClFNO. The van der Waals surface area contributed by atoms with Gasteiger partial charge >= 0.3 is 0 Å². The van der Waals surface area contributed by atoms with Crippen LogP contribution in [0.2, 0.25) is 5.02 Å². The molecule has 2 rings (SSSR count). The van der Waals surface area contributed by atoms with E-state index in [4.69, 9.17) is 21.6 Å². The summed E-state index contributed by atoms with van der Waals surface area (Å²) in [7, 11) is 0. The van der Waals surface area contributed by atoms with Gasteiger partial charge in [-0.3, -0.25) is 0 Å². The first kappa shape index (κ1) is 12.4. The molecule has 0 amide bonds. The van der Waals surface area contributed by atoms with E-state index < -0.39 is 0 Å². The van der Waals surface area contributed by atoms with Crippen LogP contribution >= 0.6 is 11.6 Å². The van der Waals surface area contributed by atoms with E-state index in [1.807, 2.05) is 6.07 Å². The van der Waals surface area contributed by atoms with Crippen molar-refractivity contribution < 1.29 is 9.13 Å². The van der Waals surface area contributed by atoms with Gasteiger partial charge in [0.2, 0.25) is 0 Å². The Labute approximate surface area is 109 Å². The molecule has 2 nitrogen and oxygen atoms in total. The first-order valence-corrected chi connectivity index (χ1v) is 5.64. The first-order chi connectivity index (χ1) is 8.69. The Bertz CT molecular complexity index is 590. The Balaban J connectivity index is 2.07. The van der Waals surface area contributed by atoms with Crippen molar-refractivity contribution in [1.82, 2.24) is 0 Å². The highest BCUT2D eigenvalue weighted by atomic mass is 35.5. The van der Waals surface area contributed by atoms with Crippen LogP contribution < -0.4 is 4.74 Å². The SMILES string of the molecule is N#Cc1ccc(OCc2cc(Cl)ccc2F)cc1. The quantitative estimate of drug-likeness (QED) is 0.839. The third kappa shape index (κ3) is 2.99. The maximum atomic E-state index is 13.4. The van der Waals surface area contributed by atoms with E-state index in [2.05, 4.69) is 0 Å². The zero-order valence-corrected chi connectivity index (χ0v) is 10.1. The summed E-state index contributed by atoms with van der Waals surface area (Å²) in [6.07, 6.45) is 0. The summed E-state index contributed by atoms with van der Waals surface area (Å²) in [6.45, 7) is 0.0955. The number of nitriles is 1. The van der Waals surface area contributed by atoms with E-state index in [1.54, 1.807) is 24.3 Å². The molecule has 0 unspecified atom stereocenters. The Morgan fingerprint density at radius 1 is 1.17 bits per heavy atom. The van der Waals surface area contributed by atoms with Crippen LogP contribution in [0.3, 0.4) is 0 Å². The predicted octanol–water partition coefficient (Wildman–Crippen LogP) is 3.93. The molecule has 0 saturated carbocycles. The van der Waals surface area contributed by atoms with Gasteiger partial charge in [0.15, 0.2) is 0 Å². The Hall–Kier alpha value is -2.05. The molecule has 0 saturated heterocycles. The Kier molecular flexibility index (Phi) is 3.81. The third-order valence-corrected chi connectivity index (χ3v) is 2.62. The lowest BCUT2D eigenvalue weighted by Crippen LogP contribution is -1.98. The molecule has 2 aromatic carbocycles. The molecule has 0 radical (unpaired) electrons. The standard InChI is InChI=1S/C14H9ClFNO/c15-12-3-6-14(16)11(7-12)9-18-13-4-1-10(8-17)2-5-13/h1-7H,9H2. The highest BCUT2D eigenvalue weighted by molar-refractivity contribution is 6.30. The molecule has 0 spiro atoms. The molecule has 90 valence electrons. The molecule has 0 N–H and O–H groups in total. The number of nitrogens with zero attached hydrogens (tertiary/aromatic N) is 1. The summed E-state index contributed by atoms with van der Waals surface area (Å²) in [5.74, 6) is 0.224. The van der Waals surface area contributed by atoms with E-state index in [0.29, 0.717) is 21.9 Å². The lowest BCUT2D eigenvalue weighted by Gasteiger charge is -2.07. The molecule has 18 heavy (non-hydrogen) atoms. The van der Waals surface area contributed by atoms with Crippen LogP contribution in [0, 0.1) is 17.1 Å². The van der Waals surface area contributed by atoms with Crippen molar-refractivity contribution in [2.45, 2.75) is 6.61 Å². The molecule has 4 heteroatoms. The van der Waals surface area contributed by atoms with Gasteiger partial charge in [-0.05, 0) is 42.5 Å². The molecule has 0 fully saturated rings. The molecule has 0 bridgehead atoms. The molecule has 0 aliphatic heterocycles. The summed E-state index contributed by atoms with van der Waals surface area (Å²) >= 11 is 5.78. The van der Waals surface area contributed by atoms with Gasteiger partial charge in [0.25, 0.3) is 0 Å². The normalized spacial score (nSPS) is 9.83. The number of ether oxygens (including phenoxy) is 1. The Morgan fingerprint density at radius 2 is 1.89 bits per heavy atom. The van der Waals surface area contributed by atoms with Gasteiger partial charge in [-0.2, -0.15) is 5.26 Å². The summed E-state index contributed by atoms with van der Waals surface area (Å²) in [5, 5.41) is 9.12. The van der Waals surface area contributed by atoms with Crippen molar-refractivity contribution >= 4 is 11.6 Å². The summed E-state index contributed by atoms with van der Waals surface area (Å²) in [5.41, 5.74) is 0.947. The van der Waals surface area contributed by atoms with Crippen LogP contribution in [0.25, 0.3) is 0 Å². The van der Waals surface area contributed by atoms with Gasteiger partial charge in [0.05, 0.1) is 11.6 Å². The lowest BCUT2D eigenvalue weighted by molar-refractivity contribution is 0.300. The van der Waals surface area contributed by atoms with E-state index in [9.17, 15) is 4.39 Å². The van der Waals surface area contributed by atoms with Gasteiger partial charge in [-0.15, -0.1) is 0 Å². The van der Waals surface area contributed by atoms with Crippen molar-refractivity contribution in [1.29, 1.82) is 5.26 Å². The summed E-state index contributed by atoms with van der Waals surface area (Å²) < 4.78 is 18.8. The maximum Gasteiger partial charge on any atom is 0.129 e.